The largest absolute Gasteiger partial charge is 0.481 e. The minimum atomic E-state index is -0.979. The Bertz CT molecular complexity index is 431. The molecule has 1 aromatic heterocycles. The standard InChI is InChI=1S/C8H10N2O4/c1-10-7(11)4-2-14-3-5(8(12)13)6(4)9-10/h5,9H,2-3H2,1H3,(H,12,13). The van der Waals surface area contributed by atoms with Gasteiger partial charge >= 0.3 is 5.97 Å². The number of rotatable bonds is 1. The number of aliphatic carboxylic acids is 1. The Hall–Kier alpha value is -1.56. The van der Waals surface area contributed by atoms with E-state index in [0.29, 0.717) is 11.3 Å². The lowest BCUT2D eigenvalue weighted by Gasteiger charge is -2.17. The Kier molecular flexibility index (Phi) is 1.92. The van der Waals surface area contributed by atoms with E-state index in [0.717, 1.165) is 0 Å². The van der Waals surface area contributed by atoms with Crippen LogP contribution in [0.2, 0.25) is 0 Å². The third-order valence-electron chi connectivity index (χ3n) is 2.35. The van der Waals surface area contributed by atoms with E-state index in [-0.39, 0.29) is 18.8 Å². The number of aryl methyl sites for hydroxylation is 1. The third kappa shape index (κ3) is 1.15. The predicted octanol–water partition coefficient (Wildman–Crippen LogP) is -0.588. The van der Waals surface area contributed by atoms with Crippen LogP contribution >= 0.6 is 0 Å². The normalized spacial score (nSPS) is 20.5. The number of nitrogens with zero attached hydrogens (tertiary/aromatic N) is 1. The van der Waals surface area contributed by atoms with Crippen molar-refractivity contribution >= 4 is 5.97 Å². The van der Waals surface area contributed by atoms with Crippen molar-refractivity contribution in [1.29, 1.82) is 0 Å². The van der Waals surface area contributed by atoms with Crippen LogP contribution in [0.25, 0.3) is 0 Å². The van der Waals surface area contributed by atoms with Gasteiger partial charge in [-0.1, -0.05) is 0 Å². The van der Waals surface area contributed by atoms with Gasteiger partial charge in [-0.05, 0) is 0 Å². The van der Waals surface area contributed by atoms with E-state index < -0.39 is 11.9 Å². The molecule has 2 rings (SSSR count). The molecule has 0 spiro atoms. The van der Waals surface area contributed by atoms with Gasteiger partial charge in [0.15, 0.2) is 0 Å². The Labute approximate surface area is 79.1 Å². The molecule has 6 heteroatoms. The summed E-state index contributed by atoms with van der Waals surface area (Å²) in [6.45, 7) is 0.303. The van der Waals surface area contributed by atoms with Crippen molar-refractivity contribution in [3.63, 3.8) is 0 Å². The van der Waals surface area contributed by atoms with Gasteiger partial charge in [-0.2, -0.15) is 0 Å². The molecule has 1 aliphatic rings. The number of carbonyl (C=O) groups is 1. The molecule has 0 aromatic carbocycles. The van der Waals surface area contributed by atoms with Gasteiger partial charge in [0.2, 0.25) is 0 Å². The van der Waals surface area contributed by atoms with Gasteiger partial charge in [-0.15, -0.1) is 0 Å². The smallest absolute Gasteiger partial charge is 0.314 e. The fraction of sp³-hybridized carbons (Fsp3) is 0.500. The molecule has 0 amide bonds. The molecule has 0 saturated heterocycles. The summed E-state index contributed by atoms with van der Waals surface area (Å²) in [4.78, 5) is 22.3. The van der Waals surface area contributed by atoms with E-state index in [1.54, 1.807) is 7.05 Å². The van der Waals surface area contributed by atoms with Crippen LogP contribution in [0.15, 0.2) is 4.79 Å². The summed E-state index contributed by atoms with van der Waals surface area (Å²) < 4.78 is 6.32. The monoisotopic (exact) mass is 198 g/mol. The van der Waals surface area contributed by atoms with Crippen molar-refractivity contribution in [3.8, 4) is 0 Å². The average Bonchev–Trinajstić information content (AvgIpc) is 2.43. The Balaban J connectivity index is 2.55. The van der Waals surface area contributed by atoms with E-state index in [1.165, 1.54) is 4.68 Å². The molecule has 0 radical (unpaired) electrons. The summed E-state index contributed by atoms with van der Waals surface area (Å²) in [5.74, 6) is -1.74. The number of hydrogen-bond donors (Lipinski definition) is 2. The lowest BCUT2D eigenvalue weighted by Crippen LogP contribution is -2.25. The second-order valence-electron chi connectivity index (χ2n) is 3.27. The highest BCUT2D eigenvalue weighted by molar-refractivity contribution is 5.76. The van der Waals surface area contributed by atoms with Crippen molar-refractivity contribution in [1.82, 2.24) is 9.78 Å². The number of H-pyrrole nitrogens is 1. The van der Waals surface area contributed by atoms with Crippen LogP contribution in [0.4, 0.5) is 0 Å². The van der Waals surface area contributed by atoms with Gasteiger partial charge in [0.05, 0.1) is 24.5 Å². The fourth-order valence-corrected chi connectivity index (χ4v) is 1.60. The maximum atomic E-state index is 11.4. The lowest BCUT2D eigenvalue weighted by molar-refractivity contribution is -0.141. The summed E-state index contributed by atoms with van der Waals surface area (Å²) in [7, 11) is 1.56. The van der Waals surface area contributed by atoms with Crippen LogP contribution in [0.5, 0.6) is 0 Å². The average molecular weight is 198 g/mol. The summed E-state index contributed by atoms with van der Waals surface area (Å²) >= 11 is 0. The topological polar surface area (TPSA) is 84.3 Å². The second kappa shape index (κ2) is 2.98. The van der Waals surface area contributed by atoms with Crippen LogP contribution in [0.1, 0.15) is 17.2 Å². The molecule has 0 saturated carbocycles. The van der Waals surface area contributed by atoms with Gasteiger partial charge < -0.3 is 9.84 Å². The fourth-order valence-electron chi connectivity index (χ4n) is 1.60. The second-order valence-corrected chi connectivity index (χ2v) is 3.27. The third-order valence-corrected chi connectivity index (χ3v) is 2.35. The summed E-state index contributed by atoms with van der Waals surface area (Å²) in [6.07, 6.45) is 0. The molecular weight excluding hydrogens is 188 g/mol. The van der Waals surface area contributed by atoms with Crippen molar-refractivity contribution in [2.24, 2.45) is 7.05 Å². The molecule has 1 aliphatic heterocycles. The SMILES string of the molecule is Cn1[nH]c2c(c1=O)COCC2C(=O)O. The molecule has 0 aliphatic carbocycles. The number of carboxylic acids is 1. The van der Waals surface area contributed by atoms with Gasteiger partial charge in [0.1, 0.15) is 5.92 Å². The zero-order valence-corrected chi connectivity index (χ0v) is 7.61. The predicted molar refractivity (Wildman–Crippen MR) is 46.1 cm³/mol. The number of aromatic amines is 1. The molecular formula is C8H10N2O4. The first-order valence-electron chi connectivity index (χ1n) is 4.19. The Morgan fingerprint density at radius 1 is 1.71 bits per heavy atom. The van der Waals surface area contributed by atoms with Gasteiger partial charge in [-0.3, -0.25) is 19.4 Å². The van der Waals surface area contributed by atoms with Crippen molar-refractivity contribution in [3.05, 3.63) is 21.6 Å². The highest BCUT2D eigenvalue weighted by Crippen LogP contribution is 2.22. The van der Waals surface area contributed by atoms with Crippen LogP contribution < -0.4 is 5.56 Å². The van der Waals surface area contributed by atoms with E-state index in [1.807, 2.05) is 0 Å². The van der Waals surface area contributed by atoms with E-state index in [4.69, 9.17) is 9.84 Å². The molecule has 76 valence electrons. The molecule has 1 unspecified atom stereocenters. The van der Waals surface area contributed by atoms with E-state index in [9.17, 15) is 9.59 Å². The van der Waals surface area contributed by atoms with Gasteiger partial charge in [0, 0.05) is 7.05 Å². The van der Waals surface area contributed by atoms with Crippen LogP contribution in [-0.2, 0) is 23.2 Å². The Morgan fingerprint density at radius 3 is 3.07 bits per heavy atom. The van der Waals surface area contributed by atoms with Crippen LogP contribution in [-0.4, -0.2) is 27.5 Å². The first-order chi connectivity index (χ1) is 6.61. The quantitative estimate of drug-likeness (QED) is 0.631. The molecule has 0 fully saturated rings. The number of aromatic nitrogens is 2. The van der Waals surface area contributed by atoms with Gasteiger partial charge in [0.25, 0.3) is 5.56 Å². The van der Waals surface area contributed by atoms with Crippen LogP contribution in [0.3, 0.4) is 0 Å². The van der Waals surface area contributed by atoms with Crippen molar-refractivity contribution < 1.29 is 14.6 Å². The molecule has 1 atom stereocenters. The summed E-state index contributed by atoms with van der Waals surface area (Å²) in [5.41, 5.74) is 0.674. The first-order valence-corrected chi connectivity index (χ1v) is 4.19. The zero-order valence-electron chi connectivity index (χ0n) is 7.61. The van der Waals surface area contributed by atoms with Gasteiger partial charge in [-0.25, -0.2) is 0 Å². The molecule has 6 nitrogen and oxygen atoms in total. The molecule has 2 heterocycles. The number of fused-ring (bicyclic) bond motifs is 1. The van der Waals surface area contributed by atoms with Crippen molar-refractivity contribution in [2.75, 3.05) is 6.61 Å². The zero-order chi connectivity index (χ0) is 10.3. The van der Waals surface area contributed by atoms with Crippen molar-refractivity contribution in [2.45, 2.75) is 12.5 Å². The number of ether oxygens (including phenoxy) is 1. The Morgan fingerprint density at radius 2 is 2.43 bits per heavy atom. The molecule has 14 heavy (non-hydrogen) atoms. The molecule has 1 aromatic rings. The highest BCUT2D eigenvalue weighted by Gasteiger charge is 2.30. The number of nitrogens with one attached hydrogen (secondary N) is 1. The number of hydrogen-bond acceptors (Lipinski definition) is 3. The number of carboxylic acid groups (broad SMARTS) is 1. The maximum Gasteiger partial charge on any atom is 0.314 e. The molecule has 2 N–H and O–H groups in total. The summed E-state index contributed by atoms with van der Waals surface area (Å²) in [6, 6.07) is 0. The minimum absolute atomic E-state index is 0.113. The summed E-state index contributed by atoms with van der Waals surface area (Å²) in [5, 5.41) is 11.6. The van der Waals surface area contributed by atoms with E-state index in [2.05, 4.69) is 5.10 Å². The lowest BCUT2D eigenvalue weighted by atomic mass is 10.0. The maximum absolute atomic E-state index is 11.4. The highest BCUT2D eigenvalue weighted by atomic mass is 16.5. The van der Waals surface area contributed by atoms with E-state index >= 15 is 0 Å². The minimum Gasteiger partial charge on any atom is -0.481 e. The first kappa shape index (κ1) is 9.01. The van der Waals surface area contributed by atoms with Crippen LogP contribution in [0, 0.1) is 0 Å². The molecule has 0 bridgehead atoms.